The molecule has 1 aliphatic rings. The van der Waals surface area contributed by atoms with Gasteiger partial charge in [0.25, 0.3) is 0 Å². The molecule has 1 saturated heterocycles. The first-order chi connectivity index (χ1) is 14.5. The van der Waals surface area contributed by atoms with E-state index >= 15 is 0 Å². The highest BCUT2D eigenvalue weighted by atomic mass is 35.5. The van der Waals surface area contributed by atoms with Crippen LogP contribution in [0.3, 0.4) is 0 Å². The lowest BCUT2D eigenvalue weighted by molar-refractivity contribution is 0.0240. The second kappa shape index (κ2) is 11.7. The number of hydrogen-bond acceptors (Lipinski definition) is 6. The maximum atomic E-state index is 10.3. The molecule has 164 valence electrons. The lowest BCUT2D eigenvalue weighted by Gasteiger charge is -2.36. The number of hydrogen-bond donors (Lipinski definition) is 2. The molecule has 0 aliphatic carbocycles. The van der Waals surface area contributed by atoms with Gasteiger partial charge in [-0.15, -0.1) is 0 Å². The van der Waals surface area contributed by atoms with Crippen LogP contribution in [0.25, 0.3) is 0 Å². The Labute approximate surface area is 187 Å². The van der Waals surface area contributed by atoms with Crippen LogP contribution in [0.4, 0.5) is 0 Å². The molecule has 0 unspecified atom stereocenters. The summed E-state index contributed by atoms with van der Waals surface area (Å²) in [7, 11) is 0. The van der Waals surface area contributed by atoms with E-state index < -0.39 is 12.2 Å². The van der Waals surface area contributed by atoms with Crippen LogP contribution < -0.4 is 9.47 Å². The van der Waals surface area contributed by atoms with E-state index in [9.17, 15) is 10.2 Å². The second-order valence-electron chi connectivity index (χ2n) is 7.44. The Morgan fingerprint density at radius 1 is 0.667 bits per heavy atom. The molecule has 2 aromatic rings. The summed E-state index contributed by atoms with van der Waals surface area (Å²) in [6.45, 7) is 4.94. The van der Waals surface area contributed by atoms with Crippen molar-refractivity contribution < 1.29 is 19.7 Å². The first kappa shape index (κ1) is 23.1. The lowest BCUT2D eigenvalue weighted by atomic mass is 10.2. The third-order valence-corrected chi connectivity index (χ3v) is 5.42. The fourth-order valence-corrected chi connectivity index (χ4v) is 3.55. The predicted molar refractivity (Wildman–Crippen MR) is 119 cm³/mol. The minimum absolute atomic E-state index is 0.239. The lowest BCUT2D eigenvalue weighted by Crippen LogP contribution is -2.51. The standard InChI is InChI=1S/C22H28Cl2N2O4/c23-17-1-5-21(6-2-17)29-15-19(27)13-25-9-11-26(12-10-25)14-20(28)16-30-22-7-3-18(24)4-8-22/h1-8,19-20,27-28H,9-16H2/t19-,20-/m1/s1. The molecule has 0 saturated carbocycles. The van der Waals surface area contributed by atoms with Gasteiger partial charge in [-0.1, -0.05) is 23.2 Å². The molecule has 0 bridgehead atoms. The molecule has 2 N–H and O–H groups in total. The van der Waals surface area contributed by atoms with E-state index in [2.05, 4.69) is 9.80 Å². The van der Waals surface area contributed by atoms with Gasteiger partial charge in [-0.25, -0.2) is 0 Å². The summed E-state index contributed by atoms with van der Waals surface area (Å²) in [5.74, 6) is 1.39. The summed E-state index contributed by atoms with van der Waals surface area (Å²) in [4.78, 5) is 4.42. The topological polar surface area (TPSA) is 65.4 Å². The largest absolute Gasteiger partial charge is 0.491 e. The van der Waals surface area contributed by atoms with E-state index in [0.29, 0.717) is 34.6 Å². The average molecular weight is 455 g/mol. The zero-order valence-corrected chi connectivity index (χ0v) is 18.3. The van der Waals surface area contributed by atoms with Crippen LogP contribution in [0.1, 0.15) is 0 Å². The number of nitrogens with zero attached hydrogens (tertiary/aromatic N) is 2. The van der Waals surface area contributed by atoms with Gasteiger partial charge in [0.2, 0.25) is 0 Å². The van der Waals surface area contributed by atoms with Gasteiger partial charge in [0.05, 0.1) is 0 Å². The molecule has 0 spiro atoms. The first-order valence-corrected chi connectivity index (χ1v) is 10.8. The molecule has 0 radical (unpaired) electrons. The van der Waals surface area contributed by atoms with Crippen LogP contribution in [-0.4, -0.2) is 84.7 Å². The molecule has 8 heteroatoms. The Balaban J connectivity index is 1.30. The summed E-state index contributed by atoms with van der Waals surface area (Å²) < 4.78 is 11.2. The smallest absolute Gasteiger partial charge is 0.119 e. The van der Waals surface area contributed by atoms with Gasteiger partial charge in [-0.05, 0) is 48.5 Å². The zero-order chi connectivity index (χ0) is 21.3. The van der Waals surface area contributed by atoms with Gasteiger partial charge in [-0.2, -0.15) is 0 Å². The maximum Gasteiger partial charge on any atom is 0.119 e. The molecule has 6 nitrogen and oxygen atoms in total. The number of β-amino-alcohol motifs (C(OH)–C–C–N with tert-alkyl or cyclic N) is 2. The van der Waals surface area contributed by atoms with Gasteiger partial charge < -0.3 is 19.7 Å². The first-order valence-electron chi connectivity index (χ1n) is 10.1. The normalized spacial score (nSPS) is 17.5. The van der Waals surface area contributed by atoms with Crippen molar-refractivity contribution in [3.05, 3.63) is 58.6 Å². The summed E-state index contributed by atoms with van der Waals surface area (Å²) in [6.07, 6.45) is -1.13. The van der Waals surface area contributed by atoms with Crippen molar-refractivity contribution in [3.8, 4) is 11.5 Å². The van der Waals surface area contributed by atoms with Crippen molar-refractivity contribution in [2.75, 3.05) is 52.5 Å². The molecule has 30 heavy (non-hydrogen) atoms. The van der Waals surface area contributed by atoms with Crippen LogP contribution in [0.5, 0.6) is 11.5 Å². The number of aliphatic hydroxyl groups excluding tert-OH is 2. The van der Waals surface area contributed by atoms with Crippen LogP contribution in [0, 0.1) is 0 Å². The van der Waals surface area contributed by atoms with Gasteiger partial charge in [0.1, 0.15) is 36.9 Å². The quantitative estimate of drug-likeness (QED) is 0.575. The molecule has 2 atom stereocenters. The molecule has 1 fully saturated rings. The van der Waals surface area contributed by atoms with Crippen molar-refractivity contribution >= 4 is 23.2 Å². The minimum Gasteiger partial charge on any atom is -0.491 e. The number of aliphatic hydroxyl groups is 2. The number of ether oxygens (including phenoxy) is 2. The van der Waals surface area contributed by atoms with Gasteiger partial charge in [-0.3, -0.25) is 9.80 Å². The molecular weight excluding hydrogens is 427 g/mol. The summed E-state index contributed by atoms with van der Waals surface area (Å²) >= 11 is 11.7. The second-order valence-corrected chi connectivity index (χ2v) is 8.31. The Kier molecular flexibility index (Phi) is 9.05. The van der Waals surface area contributed by atoms with E-state index in [-0.39, 0.29) is 13.2 Å². The molecule has 3 rings (SSSR count). The van der Waals surface area contributed by atoms with Crippen molar-refractivity contribution in [1.82, 2.24) is 9.80 Å². The van der Waals surface area contributed by atoms with Crippen molar-refractivity contribution in [2.24, 2.45) is 0 Å². The Hall–Kier alpha value is -1.54. The van der Waals surface area contributed by atoms with Gasteiger partial charge in [0.15, 0.2) is 0 Å². The molecule has 0 amide bonds. The van der Waals surface area contributed by atoms with Crippen LogP contribution >= 0.6 is 23.2 Å². The number of benzene rings is 2. The molecule has 0 aromatic heterocycles. The van der Waals surface area contributed by atoms with Crippen LogP contribution in [0.2, 0.25) is 10.0 Å². The highest BCUT2D eigenvalue weighted by molar-refractivity contribution is 6.30. The van der Waals surface area contributed by atoms with Crippen molar-refractivity contribution in [2.45, 2.75) is 12.2 Å². The number of piperazine rings is 1. The average Bonchev–Trinajstić information content (AvgIpc) is 2.74. The number of halogens is 2. The fourth-order valence-electron chi connectivity index (χ4n) is 3.30. The monoisotopic (exact) mass is 454 g/mol. The van der Waals surface area contributed by atoms with E-state index in [4.69, 9.17) is 32.7 Å². The van der Waals surface area contributed by atoms with Crippen molar-refractivity contribution in [3.63, 3.8) is 0 Å². The zero-order valence-electron chi connectivity index (χ0n) is 16.8. The molecule has 1 aliphatic heterocycles. The van der Waals surface area contributed by atoms with Gasteiger partial charge in [0, 0.05) is 49.3 Å². The molecular formula is C22H28Cl2N2O4. The van der Waals surface area contributed by atoms with Crippen molar-refractivity contribution in [1.29, 1.82) is 0 Å². The number of rotatable bonds is 10. The SMILES string of the molecule is O[C@@H](COc1ccc(Cl)cc1)CN1CCN(C[C@@H](O)COc2ccc(Cl)cc2)CC1. The van der Waals surface area contributed by atoms with Gasteiger partial charge >= 0.3 is 0 Å². The Morgan fingerprint density at radius 3 is 1.33 bits per heavy atom. The maximum absolute atomic E-state index is 10.3. The van der Waals surface area contributed by atoms with E-state index in [1.54, 1.807) is 48.5 Å². The third-order valence-electron chi connectivity index (χ3n) is 4.91. The summed E-state index contributed by atoms with van der Waals surface area (Å²) in [5, 5.41) is 21.8. The summed E-state index contributed by atoms with van der Waals surface area (Å²) in [6, 6.07) is 14.2. The van der Waals surface area contributed by atoms with Crippen LogP contribution in [-0.2, 0) is 0 Å². The predicted octanol–water partition coefficient (Wildman–Crippen LogP) is 2.79. The third kappa shape index (κ3) is 7.95. The van der Waals surface area contributed by atoms with E-state index in [1.807, 2.05) is 0 Å². The molecule has 1 heterocycles. The van der Waals surface area contributed by atoms with E-state index in [0.717, 1.165) is 26.2 Å². The summed E-state index contributed by atoms with van der Waals surface area (Å²) in [5.41, 5.74) is 0. The Bertz CT molecular complexity index is 687. The highest BCUT2D eigenvalue weighted by Gasteiger charge is 2.21. The Morgan fingerprint density at radius 2 is 1.00 bits per heavy atom. The highest BCUT2D eigenvalue weighted by Crippen LogP contribution is 2.17. The van der Waals surface area contributed by atoms with Crippen LogP contribution in [0.15, 0.2) is 48.5 Å². The minimum atomic E-state index is -0.564. The van der Waals surface area contributed by atoms with E-state index in [1.165, 1.54) is 0 Å². The molecule has 2 aromatic carbocycles. The fraction of sp³-hybridized carbons (Fsp3) is 0.455.